The van der Waals surface area contributed by atoms with Gasteiger partial charge >= 0.3 is 0 Å². The van der Waals surface area contributed by atoms with E-state index in [1.165, 1.54) is 22.0 Å². The summed E-state index contributed by atoms with van der Waals surface area (Å²) in [4.78, 5) is 0. The number of rotatable bonds is 4. The molecule has 0 atom stereocenters. The molecule has 0 aromatic rings. The van der Waals surface area contributed by atoms with Crippen LogP contribution in [0.15, 0.2) is 0 Å². The molecular formula is H6N2S5+2. The van der Waals surface area contributed by atoms with Crippen molar-refractivity contribution in [2.24, 2.45) is 0 Å². The molecule has 0 aromatic carbocycles. The Hall–Kier alpha value is 1.67. The minimum atomic E-state index is 1.51. The first-order valence-electron chi connectivity index (χ1n) is 1.24. The van der Waals surface area contributed by atoms with E-state index in [2.05, 4.69) is 10.3 Å². The highest BCUT2D eigenvalue weighted by Crippen LogP contribution is 2.43. The monoisotopic (exact) mass is 194 g/mol. The van der Waals surface area contributed by atoms with Crippen LogP contribution < -0.4 is 10.3 Å². The van der Waals surface area contributed by atoms with Gasteiger partial charge in [0.2, 0.25) is 0 Å². The molecule has 0 fully saturated rings. The van der Waals surface area contributed by atoms with Crippen LogP contribution in [0.2, 0.25) is 0 Å². The summed E-state index contributed by atoms with van der Waals surface area (Å²) in [5.74, 6) is 0. The summed E-state index contributed by atoms with van der Waals surface area (Å²) < 4.78 is 0. The van der Waals surface area contributed by atoms with Gasteiger partial charge in [-0.1, -0.05) is 0 Å². The lowest BCUT2D eigenvalue weighted by Crippen LogP contribution is -2.34. The van der Waals surface area contributed by atoms with Gasteiger partial charge in [-0.15, -0.1) is 0 Å². The molecule has 0 aromatic heterocycles. The van der Waals surface area contributed by atoms with Crippen LogP contribution in [0.4, 0.5) is 0 Å². The quantitative estimate of drug-likeness (QED) is 0.390. The van der Waals surface area contributed by atoms with Gasteiger partial charge < -0.3 is 0 Å². The second-order valence-corrected chi connectivity index (χ2v) is 7.63. The van der Waals surface area contributed by atoms with E-state index in [-0.39, 0.29) is 0 Å². The number of hydrogen-bond donors (Lipinski definition) is 2. The molecule has 6 N–H and O–H groups in total. The van der Waals surface area contributed by atoms with Gasteiger partial charge in [0.15, 0.2) is 22.0 Å². The molecule has 0 aliphatic heterocycles. The SMILES string of the molecule is [NH3+]SSSSS[NH3+]. The molecule has 0 rings (SSSR count). The maximum atomic E-state index is 3.57. The molecule has 0 unspecified atom stereocenters. The fraction of sp³-hybridized carbons (Fsp3) is 0. The van der Waals surface area contributed by atoms with Crippen molar-refractivity contribution in [3.05, 3.63) is 0 Å². The van der Waals surface area contributed by atoms with Gasteiger partial charge in [-0.25, -0.2) is 0 Å². The van der Waals surface area contributed by atoms with Gasteiger partial charge in [0.25, 0.3) is 0 Å². The van der Waals surface area contributed by atoms with E-state index < -0.39 is 0 Å². The Morgan fingerprint density at radius 1 is 0.714 bits per heavy atom. The lowest BCUT2D eigenvalue weighted by atomic mass is 14.0. The Morgan fingerprint density at radius 2 is 1.14 bits per heavy atom. The summed E-state index contributed by atoms with van der Waals surface area (Å²) in [6, 6.07) is 0. The first kappa shape index (κ1) is 8.67. The van der Waals surface area contributed by atoms with E-state index in [1.54, 1.807) is 29.5 Å². The fourth-order valence-electron chi connectivity index (χ4n) is 0.0506. The molecule has 0 saturated carbocycles. The van der Waals surface area contributed by atoms with Crippen LogP contribution in [-0.4, -0.2) is 0 Å². The van der Waals surface area contributed by atoms with E-state index in [1.807, 2.05) is 0 Å². The lowest BCUT2D eigenvalue weighted by molar-refractivity contribution is -0.132. The zero-order valence-electron chi connectivity index (χ0n) is 3.46. The molecule has 0 aliphatic rings. The Labute approximate surface area is 61.5 Å². The summed E-state index contributed by atoms with van der Waals surface area (Å²) >= 11 is 0. The summed E-state index contributed by atoms with van der Waals surface area (Å²) in [6.07, 6.45) is 0. The van der Waals surface area contributed by atoms with Crippen molar-refractivity contribution in [3.8, 4) is 0 Å². The van der Waals surface area contributed by atoms with E-state index in [4.69, 9.17) is 0 Å². The standard InChI is InChI=1S/H4N2S5/c1-3-5-7-6-4-2/h1-2H2/p+2. The van der Waals surface area contributed by atoms with Crippen LogP contribution >= 0.6 is 51.4 Å². The molecule has 7 heavy (non-hydrogen) atoms. The smallest absolute Gasteiger partial charge is 0.154 e. The lowest BCUT2D eigenvalue weighted by Gasteiger charge is -1.81. The summed E-state index contributed by atoms with van der Waals surface area (Å²) in [7, 11) is 8.02. The van der Waals surface area contributed by atoms with Gasteiger partial charge in [0.1, 0.15) is 0 Å². The van der Waals surface area contributed by atoms with Crippen LogP contribution in [0.5, 0.6) is 0 Å². The van der Waals surface area contributed by atoms with Gasteiger partial charge in [-0.3, -0.25) is 10.3 Å². The van der Waals surface area contributed by atoms with E-state index in [0.29, 0.717) is 0 Å². The largest absolute Gasteiger partial charge is 0.285 e. The Balaban J connectivity index is 2.45. The molecule has 0 spiro atoms. The van der Waals surface area contributed by atoms with Crippen molar-refractivity contribution in [3.63, 3.8) is 0 Å². The highest BCUT2D eigenvalue weighted by molar-refractivity contribution is 9.34. The van der Waals surface area contributed by atoms with Crippen LogP contribution in [-0.2, 0) is 0 Å². The maximum Gasteiger partial charge on any atom is 0.154 e. The van der Waals surface area contributed by atoms with Crippen molar-refractivity contribution >= 4 is 51.4 Å². The van der Waals surface area contributed by atoms with Crippen LogP contribution in [0.1, 0.15) is 0 Å². The molecule has 0 bridgehead atoms. The predicted octanol–water partition coefficient (Wildman–Crippen LogP) is 0.626. The van der Waals surface area contributed by atoms with Crippen molar-refractivity contribution in [1.29, 1.82) is 0 Å². The molecule has 44 valence electrons. The van der Waals surface area contributed by atoms with Gasteiger partial charge in [0.05, 0.1) is 19.7 Å². The average Bonchev–Trinajstić information content (AvgIpc) is 1.69. The minimum absolute atomic E-state index is 1.51. The molecule has 0 amide bonds. The van der Waals surface area contributed by atoms with Gasteiger partial charge in [0, 0.05) is 9.83 Å². The van der Waals surface area contributed by atoms with Crippen molar-refractivity contribution in [2.75, 3.05) is 0 Å². The Morgan fingerprint density at radius 3 is 1.43 bits per heavy atom. The summed E-state index contributed by atoms with van der Waals surface area (Å²) in [5, 5.41) is 7.15. The molecule has 2 nitrogen and oxygen atoms in total. The Kier molecular flexibility index (Phi) is 9.50. The molecule has 0 aliphatic carbocycles. The van der Waals surface area contributed by atoms with Crippen LogP contribution in [0, 0.1) is 0 Å². The first-order chi connectivity index (χ1) is 3.41. The van der Waals surface area contributed by atoms with Crippen molar-refractivity contribution in [1.82, 2.24) is 0 Å². The first-order valence-corrected chi connectivity index (χ1v) is 7.73. The van der Waals surface area contributed by atoms with Crippen molar-refractivity contribution < 1.29 is 10.3 Å². The molecular weight excluding hydrogens is 188 g/mol. The van der Waals surface area contributed by atoms with Gasteiger partial charge in [-0.2, -0.15) is 0 Å². The highest BCUT2D eigenvalue weighted by Gasteiger charge is 1.90. The predicted molar refractivity (Wildman–Crippen MR) is 43.7 cm³/mol. The maximum absolute atomic E-state index is 3.57. The average molecular weight is 194 g/mol. The highest BCUT2D eigenvalue weighted by atomic mass is 33.8. The summed E-state index contributed by atoms with van der Waals surface area (Å²) in [5.41, 5.74) is 0. The third kappa shape index (κ3) is 7.67. The van der Waals surface area contributed by atoms with Gasteiger partial charge in [-0.05, 0) is 0 Å². The molecule has 0 radical (unpaired) electrons. The van der Waals surface area contributed by atoms with E-state index in [0.717, 1.165) is 0 Å². The second-order valence-electron chi connectivity index (χ2n) is 0.440. The third-order valence-corrected chi connectivity index (χ3v) is 7.10. The second kappa shape index (κ2) is 7.67. The van der Waals surface area contributed by atoms with Crippen molar-refractivity contribution in [2.45, 2.75) is 0 Å². The number of quaternary nitrogens is 2. The zero-order chi connectivity index (χ0) is 5.54. The molecule has 7 heteroatoms. The minimum Gasteiger partial charge on any atom is -0.285 e. The van der Waals surface area contributed by atoms with E-state index in [9.17, 15) is 0 Å². The van der Waals surface area contributed by atoms with Crippen LogP contribution in [0.25, 0.3) is 0 Å². The summed E-state index contributed by atoms with van der Waals surface area (Å²) in [6.45, 7) is 0. The topological polar surface area (TPSA) is 55.3 Å². The molecule has 0 saturated heterocycles. The molecule has 0 heterocycles. The fourth-order valence-corrected chi connectivity index (χ4v) is 5.94. The number of hydrogen-bond acceptors (Lipinski definition) is 5. The van der Waals surface area contributed by atoms with E-state index >= 15 is 0 Å². The Bertz CT molecular complexity index is 25.3. The normalized spacial score (nSPS) is 9.43. The third-order valence-electron chi connectivity index (χ3n) is 0.152. The zero-order valence-corrected chi connectivity index (χ0v) is 7.54. The van der Waals surface area contributed by atoms with Crippen LogP contribution in [0.3, 0.4) is 0 Å².